The van der Waals surface area contributed by atoms with Crippen LogP contribution in [0.3, 0.4) is 0 Å². The summed E-state index contributed by atoms with van der Waals surface area (Å²) in [7, 11) is 1.41. The number of amides is 4. The number of piperazine rings is 1. The zero-order valence-corrected chi connectivity index (χ0v) is 18.6. The van der Waals surface area contributed by atoms with E-state index in [0.29, 0.717) is 5.56 Å². The second kappa shape index (κ2) is 8.46. The summed E-state index contributed by atoms with van der Waals surface area (Å²) in [6, 6.07) is 7.48. The summed E-state index contributed by atoms with van der Waals surface area (Å²) in [5.74, 6) is -1.92. The fourth-order valence-electron chi connectivity index (χ4n) is 4.21. The van der Waals surface area contributed by atoms with Gasteiger partial charge in [-0.25, -0.2) is 9.18 Å². The van der Waals surface area contributed by atoms with Crippen molar-refractivity contribution in [3.05, 3.63) is 64.4 Å². The number of nitrogens with zero attached hydrogens (tertiary/aromatic N) is 3. The largest absolute Gasteiger partial charge is 0.416 e. The summed E-state index contributed by atoms with van der Waals surface area (Å²) < 4.78 is 53.3. The van der Waals surface area contributed by atoms with Crippen LogP contribution in [0.25, 0.3) is 0 Å². The van der Waals surface area contributed by atoms with E-state index < -0.39 is 47.5 Å². The molecule has 2 saturated heterocycles. The molecule has 4 rings (SSSR count). The van der Waals surface area contributed by atoms with Crippen LogP contribution in [0.1, 0.15) is 11.1 Å². The van der Waals surface area contributed by atoms with Crippen molar-refractivity contribution in [3.63, 3.8) is 0 Å². The number of carbonyl (C=O) groups is 3. The molecule has 12 heteroatoms. The number of likely N-dealkylation sites (tertiary alicyclic amines) is 1. The maximum Gasteiger partial charge on any atom is 0.416 e. The highest BCUT2D eigenvalue weighted by molar-refractivity contribution is 6.30. The van der Waals surface area contributed by atoms with Crippen molar-refractivity contribution in [2.45, 2.75) is 18.3 Å². The fourth-order valence-corrected chi connectivity index (χ4v) is 4.37. The Morgan fingerprint density at radius 2 is 1.76 bits per heavy atom. The number of rotatable bonds is 3. The molecule has 0 aliphatic carbocycles. The molecule has 2 fully saturated rings. The molecule has 1 spiro atoms. The maximum atomic E-state index is 14.6. The van der Waals surface area contributed by atoms with E-state index in [4.69, 9.17) is 11.6 Å². The molecule has 2 heterocycles. The predicted octanol–water partition coefficient (Wildman–Crippen LogP) is 3.27. The van der Waals surface area contributed by atoms with Gasteiger partial charge in [-0.2, -0.15) is 13.2 Å². The molecule has 0 saturated carbocycles. The topological polar surface area (TPSA) is 73.0 Å². The first-order valence-corrected chi connectivity index (χ1v) is 10.5. The Morgan fingerprint density at radius 1 is 1.12 bits per heavy atom. The van der Waals surface area contributed by atoms with Crippen LogP contribution in [-0.4, -0.2) is 59.9 Å². The Kier molecular flexibility index (Phi) is 5.92. The lowest BCUT2D eigenvalue weighted by Gasteiger charge is -2.57. The van der Waals surface area contributed by atoms with Gasteiger partial charge in [-0.05, 0) is 35.9 Å². The van der Waals surface area contributed by atoms with Crippen molar-refractivity contribution in [1.29, 1.82) is 0 Å². The summed E-state index contributed by atoms with van der Waals surface area (Å²) >= 11 is 5.80. The molecular formula is C22H19ClF4N4O3. The quantitative estimate of drug-likeness (QED) is 0.660. The van der Waals surface area contributed by atoms with Crippen molar-refractivity contribution in [2.75, 3.05) is 31.6 Å². The number of nitrogens with one attached hydrogen (secondary N) is 1. The van der Waals surface area contributed by atoms with Crippen LogP contribution in [0.4, 0.5) is 28.0 Å². The highest BCUT2D eigenvalue weighted by Gasteiger charge is 2.61. The van der Waals surface area contributed by atoms with E-state index in [2.05, 4.69) is 5.32 Å². The number of hydrogen-bond acceptors (Lipinski definition) is 3. The van der Waals surface area contributed by atoms with Crippen LogP contribution in [0.5, 0.6) is 0 Å². The normalized spacial score (nSPS) is 17.8. The van der Waals surface area contributed by atoms with Crippen molar-refractivity contribution < 1.29 is 31.9 Å². The lowest BCUT2D eigenvalue weighted by Crippen LogP contribution is -2.81. The number of halogens is 5. The van der Waals surface area contributed by atoms with Gasteiger partial charge in [-0.15, -0.1) is 0 Å². The zero-order valence-electron chi connectivity index (χ0n) is 17.8. The van der Waals surface area contributed by atoms with Crippen LogP contribution in [0.15, 0.2) is 42.5 Å². The number of alkyl halides is 3. The fraction of sp³-hybridized carbons (Fsp3) is 0.318. The molecule has 0 atom stereocenters. The van der Waals surface area contributed by atoms with Gasteiger partial charge in [0.2, 0.25) is 5.91 Å². The minimum absolute atomic E-state index is 0.116. The van der Waals surface area contributed by atoms with Crippen LogP contribution in [-0.2, 0) is 22.3 Å². The monoisotopic (exact) mass is 498 g/mol. The molecule has 0 unspecified atom stereocenters. The average Bonchev–Trinajstić information content (AvgIpc) is 2.74. The highest BCUT2D eigenvalue weighted by Crippen LogP contribution is 2.38. The number of carbonyl (C=O) groups excluding carboxylic acids is 3. The second-order valence-electron chi connectivity index (χ2n) is 8.10. The third-order valence-corrected chi connectivity index (χ3v) is 6.22. The Hall–Kier alpha value is -3.34. The molecule has 0 radical (unpaired) electrons. The lowest BCUT2D eigenvalue weighted by molar-refractivity contribution is -0.161. The summed E-state index contributed by atoms with van der Waals surface area (Å²) in [4.78, 5) is 42.4. The average molecular weight is 499 g/mol. The van der Waals surface area contributed by atoms with E-state index >= 15 is 0 Å². The first-order chi connectivity index (χ1) is 16.0. The first-order valence-electron chi connectivity index (χ1n) is 10.2. The van der Waals surface area contributed by atoms with Crippen molar-refractivity contribution in [2.24, 2.45) is 0 Å². The van der Waals surface area contributed by atoms with Gasteiger partial charge < -0.3 is 15.1 Å². The van der Waals surface area contributed by atoms with Crippen molar-refractivity contribution in [1.82, 2.24) is 15.1 Å². The Balaban J connectivity index is 1.67. The number of anilines is 1. The van der Waals surface area contributed by atoms with Gasteiger partial charge in [-0.1, -0.05) is 23.7 Å². The van der Waals surface area contributed by atoms with Gasteiger partial charge in [0.1, 0.15) is 12.4 Å². The van der Waals surface area contributed by atoms with Gasteiger partial charge in [0.05, 0.1) is 24.3 Å². The molecule has 2 aromatic carbocycles. The molecule has 2 aromatic rings. The lowest BCUT2D eigenvalue weighted by atomic mass is 9.83. The summed E-state index contributed by atoms with van der Waals surface area (Å²) in [6.07, 6.45) is -4.51. The SMILES string of the molecule is CNC(=O)N1CC2(C1)C(=O)N(c1ccc(Cl)cc1F)CC(=O)N2Cc1ccc(C(F)(F)F)cc1. The van der Waals surface area contributed by atoms with E-state index in [-0.39, 0.29) is 30.3 Å². The zero-order chi connectivity index (χ0) is 24.8. The molecule has 0 aromatic heterocycles. The standard InChI is InChI=1S/C22H19ClF4N4O3/c1-28-20(34)29-11-21(12-29)19(33)30(17-7-6-15(23)8-16(17)24)10-18(32)31(21)9-13-2-4-14(5-3-13)22(25,26)27/h2-8H,9-12H2,1H3,(H,28,34). The Labute approximate surface area is 196 Å². The number of urea groups is 1. The smallest absolute Gasteiger partial charge is 0.341 e. The Morgan fingerprint density at radius 3 is 2.32 bits per heavy atom. The first kappa shape index (κ1) is 23.8. The van der Waals surface area contributed by atoms with Gasteiger partial charge in [0.25, 0.3) is 5.91 Å². The second-order valence-corrected chi connectivity index (χ2v) is 8.54. The number of benzene rings is 2. The molecule has 180 valence electrons. The molecule has 4 amide bonds. The van der Waals surface area contributed by atoms with Crippen LogP contribution in [0.2, 0.25) is 5.02 Å². The van der Waals surface area contributed by atoms with Gasteiger partial charge in [0.15, 0.2) is 5.54 Å². The molecular weight excluding hydrogens is 480 g/mol. The summed E-state index contributed by atoms with van der Waals surface area (Å²) in [5, 5.41) is 2.55. The molecule has 7 nitrogen and oxygen atoms in total. The molecule has 2 aliphatic rings. The highest BCUT2D eigenvalue weighted by atomic mass is 35.5. The van der Waals surface area contributed by atoms with E-state index in [1.807, 2.05) is 0 Å². The van der Waals surface area contributed by atoms with E-state index in [9.17, 15) is 31.9 Å². The third kappa shape index (κ3) is 4.04. The molecule has 0 bridgehead atoms. The van der Waals surface area contributed by atoms with Crippen LogP contribution < -0.4 is 10.2 Å². The van der Waals surface area contributed by atoms with Crippen LogP contribution in [0, 0.1) is 5.82 Å². The van der Waals surface area contributed by atoms with E-state index in [0.717, 1.165) is 23.1 Å². The minimum Gasteiger partial charge on any atom is -0.341 e. The number of hydrogen-bond donors (Lipinski definition) is 1. The third-order valence-electron chi connectivity index (χ3n) is 5.98. The minimum atomic E-state index is -4.51. The summed E-state index contributed by atoms with van der Waals surface area (Å²) in [6.45, 7) is -0.922. The van der Waals surface area contributed by atoms with E-state index in [1.54, 1.807) is 0 Å². The van der Waals surface area contributed by atoms with Gasteiger partial charge in [0, 0.05) is 18.6 Å². The summed E-state index contributed by atoms with van der Waals surface area (Å²) in [5.41, 5.74) is -2.09. The molecule has 34 heavy (non-hydrogen) atoms. The van der Waals surface area contributed by atoms with Crippen molar-refractivity contribution >= 4 is 35.1 Å². The molecule has 1 N–H and O–H groups in total. The maximum absolute atomic E-state index is 14.6. The van der Waals surface area contributed by atoms with Crippen LogP contribution >= 0.6 is 11.6 Å². The Bertz CT molecular complexity index is 1150. The van der Waals surface area contributed by atoms with Gasteiger partial charge in [-0.3, -0.25) is 14.5 Å². The van der Waals surface area contributed by atoms with Gasteiger partial charge >= 0.3 is 12.2 Å². The predicted molar refractivity (Wildman–Crippen MR) is 115 cm³/mol. The van der Waals surface area contributed by atoms with Crippen molar-refractivity contribution in [3.8, 4) is 0 Å². The van der Waals surface area contributed by atoms with E-state index in [1.165, 1.54) is 41.1 Å². The molecule has 2 aliphatic heterocycles.